The largest absolute Gasteiger partial charge is 0.411 e. The second kappa shape index (κ2) is 6.93. The minimum Gasteiger partial charge on any atom is -0.411 e. The van der Waals surface area contributed by atoms with Gasteiger partial charge in [0.05, 0.1) is 12.3 Å². The highest BCUT2D eigenvalue weighted by molar-refractivity contribution is 5.68. The molecule has 0 heterocycles. The maximum Gasteiger partial charge on any atom is 0.0577 e. The average Bonchev–Trinajstić information content (AvgIpc) is 2.75. The highest BCUT2D eigenvalue weighted by Gasteiger charge is 2.53. The lowest BCUT2D eigenvalue weighted by Gasteiger charge is -2.43. The highest BCUT2D eigenvalue weighted by atomic mass is 16.4. The van der Waals surface area contributed by atoms with Gasteiger partial charge in [0.2, 0.25) is 0 Å². The van der Waals surface area contributed by atoms with Crippen LogP contribution in [-0.2, 0) is 0 Å². The minimum absolute atomic E-state index is 0.0791. The summed E-state index contributed by atoms with van der Waals surface area (Å²) >= 11 is 0. The maximum absolute atomic E-state index is 10.3. The van der Waals surface area contributed by atoms with Gasteiger partial charge in [-0.3, -0.25) is 0 Å². The van der Waals surface area contributed by atoms with Gasteiger partial charge in [-0.15, -0.1) is 5.16 Å². The van der Waals surface area contributed by atoms with E-state index in [9.17, 15) is 5.11 Å². The van der Waals surface area contributed by atoms with Gasteiger partial charge in [-0.1, -0.05) is 33.1 Å². The molecular formula is C17H30NO2. The van der Waals surface area contributed by atoms with E-state index in [1.165, 1.54) is 25.7 Å². The Bertz CT molecular complexity index is 329. The molecule has 0 aromatic carbocycles. The van der Waals surface area contributed by atoms with E-state index in [1.807, 2.05) is 0 Å². The summed E-state index contributed by atoms with van der Waals surface area (Å²) in [5.74, 6) is 1.52. The first-order chi connectivity index (χ1) is 9.60. The quantitative estimate of drug-likeness (QED) is 0.334. The molecule has 0 saturated heterocycles. The predicted molar refractivity (Wildman–Crippen MR) is 81.8 cm³/mol. The molecule has 0 spiro atoms. The average molecular weight is 280 g/mol. The van der Waals surface area contributed by atoms with Crippen LogP contribution in [0.25, 0.3) is 0 Å². The van der Waals surface area contributed by atoms with Crippen molar-refractivity contribution in [2.24, 2.45) is 28.3 Å². The van der Waals surface area contributed by atoms with E-state index in [0.717, 1.165) is 31.6 Å². The number of oxime groups is 1. The molecule has 1 unspecified atom stereocenters. The van der Waals surface area contributed by atoms with Crippen molar-refractivity contribution in [3.05, 3.63) is 6.42 Å². The highest BCUT2D eigenvalue weighted by Crippen LogP contribution is 2.55. The van der Waals surface area contributed by atoms with Gasteiger partial charge >= 0.3 is 0 Å². The van der Waals surface area contributed by atoms with Crippen LogP contribution in [0.15, 0.2) is 5.16 Å². The Morgan fingerprint density at radius 3 is 2.90 bits per heavy atom. The van der Waals surface area contributed by atoms with Crippen LogP contribution in [0, 0.1) is 29.6 Å². The fourth-order valence-corrected chi connectivity index (χ4v) is 4.40. The van der Waals surface area contributed by atoms with E-state index in [4.69, 9.17) is 5.21 Å². The summed E-state index contributed by atoms with van der Waals surface area (Å²) in [6.07, 6.45) is 12.9. The van der Waals surface area contributed by atoms with Crippen LogP contribution in [0.5, 0.6) is 0 Å². The monoisotopic (exact) mass is 280 g/mol. The summed E-state index contributed by atoms with van der Waals surface area (Å²) in [6, 6.07) is 0. The van der Waals surface area contributed by atoms with Gasteiger partial charge in [0.25, 0.3) is 0 Å². The molecule has 0 aromatic rings. The molecule has 2 rings (SSSR count). The molecule has 3 heteroatoms. The lowest BCUT2D eigenvalue weighted by molar-refractivity contribution is 0.0106. The number of nitrogens with zero attached hydrogens (tertiary/aromatic N) is 1. The molecule has 2 fully saturated rings. The van der Waals surface area contributed by atoms with Crippen molar-refractivity contribution in [1.29, 1.82) is 0 Å². The molecule has 2 N–H and O–H groups in total. The van der Waals surface area contributed by atoms with Crippen molar-refractivity contribution < 1.29 is 10.3 Å². The number of unbranched alkanes of at least 4 members (excludes halogenated alkanes) is 1. The second-order valence-corrected chi connectivity index (χ2v) is 7.18. The SMILES string of the molecule is CC(C)CCCCC1[CH]C[C@H]2[C@@H](O)CCC[C@]12/C=N/O. The molecular weight excluding hydrogens is 250 g/mol. The molecule has 20 heavy (non-hydrogen) atoms. The van der Waals surface area contributed by atoms with E-state index in [1.54, 1.807) is 6.21 Å². The summed E-state index contributed by atoms with van der Waals surface area (Å²) < 4.78 is 0. The molecule has 2 aliphatic carbocycles. The van der Waals surface area contributed by atoms with E-state index >= 15 is 0 Å². The Hall–Kier alpha value is -0.570. The second-order valence-electron chi connectivity index (χ2n) is 7.18. The van der Waals surface area contributed by atoms with Crippen LogP contribution in [0.2, 0.25) is 0 Å². The Kier molecular flexibility index (Phi) is 5.48. The Balaban J connectivity index is 1.97. The third-order valence-electron chi connectivity index (χ3n) is 5.47. The van der Waals surface area contributed by atoms with Gasteiger partial charge in [-0.2, -0.15) is 0 Å². The van der Waals surface area contributed by atoms with Gasteiger partial charge in [0, 0.05) is 5.41 Å². The van der Waals surface area contributed by atoms with Crippen molar-refractivity contribution in [3.63, 3.8) is 0 Å². The van der Waals surface area contributed by atoms with Crippen LogP contribution in [0.3, 0.4) is 0 Å². The fourth-order valence-electron chi connectivity index (χ4n) is 4.40. The molecule has 0 aliphatic heterocycles. The Morgan fingerprint density at radius 1 is 1.40 bits per heavy atom. The lowest BCUT2D eigenvalue weighted by atomic mass is 9.63. The predicted octanol–water partition coefficient (Wildman–Crippen LogP) is 4.03. The summed E-state index contributed by atoms with van der Waals surface area (Å²) in [5, 5.41) is 22.7. The third-order valence-corrected chi connectivity index (χ3v) is 5.47. The van der Waals surface area contributed by atoms with Crippen molar-refractivity contribution in [2.45, 2.75) is 71.3 Å². The standard InChI is InChI=1S/C17H30NO2/c1-13(2)6-3-4-7-14-9-10-15-16(19)8-5-11-17(14,15)12-18-20/h9,12-16,19-20H,3-8,10-11H2,1-2H3/b18-12+/t14?,15-,16-,17-/m0/s1. The van der Waals surface area contributed by atoms with Crippen LogP contribution < -0.4 is 0 Å². The van der Waals surface area contributed by atoms with Crippen molar-refractivity contribution >= 4 is 6.21 Å². The van der Waals surface area contributed by atoms with Crippen molar-refractivity contribution in [2.75, 3.05) is 0 Å². The zero-order chi connectivity index (χ0) is 14.6. The number of rotatable bonds is 6. The Labute approximate surface area is 123 Å². The smallest absolute Gasteiger partial charge is 0.0577 e. The van der Waals surface area contributed by atoms with Crippen LogP contribution in [0.4, 0.5) is 0 Å². The first-order valence-corrected chi connectivity index (χ1v) is 8.30. The number of fused-ring (bicyclic) bond motifs is 1. The molecule has 115 valence electrons. The zero-order valence-electron chi connectivity index (χ0n) is 13.0. The van der Waals surface area contributed by atoms with Gasteiger partial charge in [-0.05, 0) is 56.3 Å². The van der Waals surface area contributed by atoms with Gasteiger partial charge < -0.3 is 10.3 Å². The van der Waals surface area contributed by atoms with Gasteiger partial charge in [0.15, 0.2) is 0 Å². The minimum atomic E-state index is -0.223. The number of aliphatic hydroxyl groups excluding tert-OH is 1. The van der Waals surface area contributed by atoms with E-state index < -0.39 is 0 Å². The van der Waals surface area contributed by atoms with Crippen molar-refractivity contribution in [3.8, 4) is 0 Å². The zero-order valence-corrected chi connectivity index (χ0v) is 13.0. The molecule has 4 atom stereocenters. The van der Waals surface area contributed by atoms with Gasteiger partial charge in [0.1, 0.15) is 0 Å². The number of aliphatic hydroxyl groups is 1. The third kappa shape index (κ3) is 3.19. The number of hydrogen-bond donors (Lipinski definition) is 2. The van der Waals surface area contributed by atoms with Gasteiger partial charge in [-0.25, -0.2) is 0 Å². The molecule has 0 bridgehead atoms. The maximum atomic E-state index is 10.3. The molecule has 2 saturated carbocycles. The van der Waals surface area contributed by atoms with Crippen LogP contribution in [0.1, 0.15) is 65.2 Å². The van der Waals surface area contributed by atoms with Crippen LogP contribution in [-0.4, -0.2) is 22.6 Å². The van der Waals surface area contributed by atoms with Crippen molar-refractivity contribution in [1.82, 2.24) is 0 Å². The van der Waals surface area contributed by atoms with E-state index in [-0.39, 0.29) is 17.4 Å². The normalized spacial score (nSPS) is 37.7. The lowest BCUT2D eigenvalue weighted by Crippen LogP contribution is -2.43. The molecule has 0 aromatic heterocycles. The summed E-state index contributed by atoms with van der Waals surface area (Å²) in [6.45, 7) is 4.55. The van der Waals surface area contributed by atoms with E-state index in [2.05, 4.69) is 25.4 Å². The first-order valence-electron chi connectivity index (χ1n) is 8.30. The number of hydrogen-bond acceptors (Lipinski definition) is 3. The van der Waals surface area contributed by atoms with Crippen LogP contribution >= 0.6 is 0 Å². The topological polar surface area (TPSA) is 52.8 Å². The molecule has 3 nitrogen and oxygen atoms in total. The summed E-state index contributed by atoms with van der Waals surface area (Å²) in [4.78, 5) is 0. The fraction of sp³-hybridized carbons (Fsp3) is 0.882. The molecule has 1 radical (unpaired) electrons. The van der Waals surface area contributed by atoms with E-state index in [0.29, 0.717) is 5.92 Å². The first kappa shape index (κ1) is 15.8. The molecule has 2 aliphatic rings. The molecule has 0 amide bonds. The summed E-state index contributed by atoms with van der Waals surface area (Å²) in [5.41, 5.74) is -0.0791. The Morgan fingerprint density at radius 2 is 2.20 bits per heavy atom. The summed E-state index contributed by atoms with van der Waals surface area (Å²) in [7, 11) is 0.